The Hall–Kier alpha value is -2.63. The summed E-state index contributed by atoms with van der Waals surface area (Å²) in [4.78, 5) is 10.9. The smallest absolute Gasteiger partial charge is 0.230 e. The SMILES string of the molecule is CCN(c1nc(C)cc(/C(N)=N/O)n1)c1ccccc1C. The zero-order chi connectivity index (χ0) is 15.4. The minimum atomic E-state index is -0.0254. The molecule has 0 bridgehead atoms. The Morgan fingerprint density at radius 3 is 2.62 bits per heavy atom. The number of para-hydroxylation sites is 1. The third kappa shape index (κ3) is 3.10. The third-order valence-corrected chi connectivity index (χ3v) is 3.18. The van der Waals surface area contributed by atoms with Crippen LogP contribution in [0.25, 0.3) is 0 Å². The second kappa shape index (κ2) is 6.21. The van der Waals surface area contributed by atoms with E-state index in [2.05, 4.69) is 15.1 Å². The Morgan fingerprint density at radius 1 is 1.29 bits per heavy atom. The van der Waals surface area contributed by atoms with Crippen molar-refractivity contribution in [1.82, 2.24) is 9.97 Å². The van der Waals surface area contributed by atoms with Gasteiger partial charge < -0.3 is 15.8 Å². The maximum Gasteiger partial charge on any atom is 0.230 e. The Labute approximate surface area is 123 Å². The first-order chi connectivity index (χ1) is 10.1. The number of nitrogens with two attached hydrogens (primary N) is 1. The number of anilines is 2. The van der Waals surface area contributed by atoms with Gasteiger partial charge in [0.1, 0.15) is 5.69 Å². The van der Waals surface area contributed by atoms with Crippen LogP contribution in [0.3, 0.4) is 0 Å². The van der Waals surface area contributed by atoms with E-state index in [9.17, 15) is 0 Å². The Morgan fingerprint density at radius 2 is 2.00 bits per heavy atom. The van der Waals surface area contributed by atoms with Gasteiger partial charge in [-0.25, -0.2) is 9.97 Å². The zero-order valence-corrected chi connectivity index (χ0v) is 12.4. The highest BCUT2D eigenvalue weighted by atomic mass is 16.4. The Balaban J connectivity index is 2.53. The molecule has 1 heterocycles. The molecule has 1 aromatic heterocycles. The number of oxime groups is 1. The topological polar surface area (TPSA) is 87.6 Å². The molecule has 0 unspecified atom stereocenters. The molecule has 6 heteroatoms. The van der Waals surface area contributed by atoms with Crippen LogP contribution in [0.1, 0.15) is 23.9 Å². The summed E-state index contributed by atoms with van der Waals surface area (Å²) in [5.74, 6) is 0.510. The van der Waals surface area contributed by atoms with E-state index in [0.717, 1.165) is 16.9 Å². The molecule has 110 valence electrons. The van der Waals surface area contributed by atoms with Crippen LogP contribution in [0, 0.1) is 13.8 Å². The van der Waals surface area contributed by atoms with E-state index in [1.807, 2.05) is 49.9 Å². The fraction of sp³-hybridized carbons (Fsp3) is 0.267. The number of aromatic nitrogens is 2. The summed E-state index contributed by atoms with van der Waals surface area (Å²) in [5.41, 5.74) is 8.97. The molecule has 0 saturated heterocycles. The van der Waals surface area contributed by atoms with Gasteiger partial charge in [0.2, 0.25) is 5.95 Å². The number of benzene rings is 1. The maximum absolute atomic E-state index is 8.82. The molecule has 0 saturated carbocycles. The fourth-order valence-corrected chi connectivity index (χ4v) is 2.14. The molecule has 1 aromatic carbocycles. The van der Waals surface area contributed by atoms with Gasteiger partial charge in [-0.3, -0.25) is 0 Å². The van der Waals surface area contributed by atoms with Crippen molar-refractivity contribution < 1.29 is 5.21 Å². The van der Waals surface area contributed by atoms with E-state index in [-0.39, 0.29) is 5.84 Å². The van der Waals surface area contributed by atoms with Crippen molar-refractivity contribution in [1.29, 1.82) is 0 Å². The largest absolute Gasteiger partial charge is 0.409 e. The van der Waals surface area contributed by atoms with E-state index in [1.165, 1.54) is 0 Å². The third-order valence-electron chi connectivity index (χ3n) is 3.18. The quantitative estimate of drug-likeness (QED) is 0.389. The molecular weight excluding hydrogens is 266 g/mol. The van der Waals surface area contributed by atoms with Gasteiger partial charge in [-0.15, -0.1) is 0 Å². The average Bonchev–Trinajstić information content (AvgIpc) is 2.48. The molecule has 0 aliphatic heterocycles. The summed E-state index contributed by atoms with van der Waals surface area (Å²) in [5, 5.41) is 11.8. The number of nitrogens with zero attached hydrogens (tertiary/aromatic N) is 4. The number of aryl methyl sites for hydroxylation is 2. The molecule has 2 aromatic rings. The van der Waals surface area contributed by atoms with Crippen LogP contribution in [0.5, 0.6) is 0 Å². The highest BCUT2D eigenvalue weighted by Gasteiger charge is 2.15. The highest BCUT2D eigenvalue weighted by molar-refractivity contribution is 5.95. The first-order valence-corrected chi connectivity index (χ1v) is 6.73. The second-order valence-electron chi connectivity index (χ2n) is 4.71. The van der Waals surface area contributed by atoms with Gasteiger partial charge >= 0.3 is 0 Å². The normalized spacial score (nSPS) is 11.5. The first-order valence-electron chi connectivity index (χ1n) is 6.73. The van der Waals surface area contributed by atoms with Gasteiger partial charge in [-0.2, -0.15) is 0 Å². The predicted octanol–water partition coefficient (Wildman–Crippen LogP) is 2.35. The molecule has 0 spiro atoms. The first kappa shape index (κ1) is 14.8. The van der Waals surface area contributed by atoms with Crippen LogP contribution in [0.2, 0.25) is 0 Å². The molecule has 0 atom stereocenters. The second-order valence-corrected chi connectivity index (χ2v) is 4.71. The predicted molar refractivity (Wildman–Crippen MR) is 83.1 cm³/mol. The summed E-state index contributed by atoms with van der Waals surface area (Å²) >= 11 is 0. The monoisotopic (exact) mass is 285 g/mol. The molecule has 3 N–H and O–H groups in total. The lowest BCUT2D eigenvalue weighted by Crippen LogP contribution is -2.23. The minimum absolute atomic E-state index is 0.0254. The van der Waals surface area contributed by atoms with Crippen LogP contribution in [0.15, 0.2) is 35.5 Å². The van der Waals surface area contributed by atoms with Gasteiger partial charge in [-0.1, -0.05) is 23.4 Å². The number of hydrogen-bond donors (Lipinski definition) is 2. The Kier molecular flexibility index (Phi) is 4.37. The standard InChI is InChI=1S/C15H19N5O/c1-4-20(13-8-6-5-7-10(13)2)15-17-11(3)9-12(18-15)14(16)19-21/h5-9,21H,4H2,1-3H3,(H2,16,19). The van der Waals surface area contributed by atoms with Crippen LogP contribution < -0.4 is 10.6 Å². The maximum atomic E-state index is 8.82. The van der Waals surface area contributed by atoms with Crippen molar-refractivity contribution in [3.8, 4) is 0 Å². The van der Waals surface area contributed by atoms with Gasteiger partial charge in [-0.05, 0) is 38.5 Å². The average molecular weight is 285 g/mol. The summed E-state index contributed by atoms with van der Waals surface area (Å²) in [6, 6.07) is 9.72. The molecule has 0 fully saturated rings. The summed E-state index contributed by atoms with van der Waals surface area (Å²) in [6.45, 7) is 6.63. The fourth-order valence-electron chi connectivity index (χ4n) is 2.14. The minimum Gasteiger partial charge on any atom is -0.409 e. The zero-order valence-electron chi connectivity index (χ0n) is 12.4. The van der Waals surface area contributed by atoms with E-state index in [1.54, 1.807) is 6.07 Å². The lowest BCUT2D eigenvalue weighted by atomic mass is 10.2. The van der Waals surface area contributed by atoms with Crippen molar-refractivity contribution in [2.75, 3.05) is 11.4 Å². The van der Waals surface area contributed by atoms with Crippen molar-refractivity contribution in [3.05, 3.63) is 47.3 Å². The molecule has 0 aliphatic carbocycles. The Bertz CT molecular complexity index is 669. The van der Waals surface area contributed by atoms with Crippen molar-refractivity contribution in [2.45, 2.75) is 20.8 Å². The molecule has 0 aliphatic rings. The van der Waals surface area contributed by atoms with Crippen molar-refractivity contribution in [3.63, 3.8) is 0 Å². The van der Waals surface area contributed by atoms with E-state index >= 15 is 0 Å². The lowest BCUT2D eigenvalue weighted by molar-refractivity contribution is 0.318. The van der Waals surface area contributed by atoms with Crippen molar-refractivity contribution >= 4 is 17.5 Å². The number of amidine groups is 1. The van der Waals surface area contributed by atoms with Crippen molar-refractivity contribution in [2.24, 2.45) is 10.9 Å². The van der Waals surface area contributed by atoms with E-state index in [4.69, 9.17) is 10.9 Å². The van der Waals surface area contributed by atoms with Gasteiger partial charge in [0.05, 0.1) is 0 Å². The number of rotatable bonds is 4. The molecule has 0 amide bonds. The van der Waals surface area contributed by atoms with Gasteiger partial charge in [0.15, 0.2) is 5.84 Å². The van der Waals surface area contributed by atoms with E-state index < -0.39 is 0 Å². The van der Waals surface area contributed by atoms with Crippen LogP contribution in [-0.2, 0) is 0 Å². The van der Waals surface area contributed by atoms with Crippen LogP contribution in [0.4, 0.5) is 11.6 Å². The number of hydrogen-bond acceptors (Lipinski definition) is 5. The molecule has 6 nitrogen and oxygen atoms in total. The van der Waals surface area contributed by atoms with Crippen LogP contribution in [-0.4, -0.2) is 27.6 Å². The molecule has 0 radical (unpaired) electrons. The molecule has 21 heavy (non-hydrogen) atoms. The lowest BCUT2D eigenvalue weighted by Gasteiger charge is -2.23. The van der Waals surface area contributed by atoms with Gasteiger partial charge in [0.25, 0.3) is 0 Å². The summed E-state index contributed by atoms with van der Waals surface area (Å²) in [7, 11) is 0. The molecule has 2 rings (SSSR count). The summed E-state index contributed by atoms with van der Waals surface area (Å²) in [6.07, 6.45) is 0. The highest BCUT2D eigenvalue weighted by Crippen LogP contribution is 2.25. The van der Waals surface area contributed by atoms with Crippen LogP contribution >= 0.6 is 0 Å². The van der Waals surface area contributed by atoms with Gasteiger partial charge in [0, 0.05) is 17.9 Å². The summed E-state index contributed by atoms with van der Waals surface area (Å²) < 4.78 is 0. The van der Waals surface area contributed by atoms with E-state index in [0.29, 0.717) is 18.2 Å². The molecular formula is C15H19N5O.